The molecule has 0 aromatic heterocycles. The summed E-state index contributed by atoms with van der Waals surface area (Å²) in [4.78, 5) is 37.8. The Kier molecular flexibility index (Phi) is 43.8. The maximum atomic E-state index is 12.7. The van der Waals surface area contributed by atoms with Gasteiger partial charge in [0.25, 0.3) is 0 Å². The van der Waals surface area contributed by atoms with Crippen LogP contribution in [-0.2, 0) is 28.6 Å². The third kappa shape index (κ3) is 43.4. The standard InChI is InChI=1S/C49H94O6/c1-4-7-10-13-16-19-22-24-25-26-28-31-34-37-40-43-49(52)55-46(44-53-47(50)41-38-35-32-29-21-18-15-12-9-6-3)45-54-48(51)42-39-36-33-30-27-23-20-17-14-11-8-5-2/h46H,4-45H2,1-3H3/t46-/m1/s1. The van der Waals surface area contributed by atoms with E-state index in [1.54, 1.807) is 0 Å². The molecule has 0 saturated heterocycles. The van der Waals surface area contributed by atoms with Crippen molar-refractivity contribution in [3.63, 3.8) is 0 Å². The normalized spacial score (nSPS) is 11.8. The van der Waals surface area contributed by atoms with E-state index in [1.165, 1.54) is 180 Å². The van der Waals surface area contributed by atoms with Crippen LogP contribution in [0.15, 0.2) is 0 Å². The Bertz CT molecular complexity index is 813. The van der Waals surface area contributed by atoms with Gasteiger partial charge in [0, 0.05) is 19.3 Å². The first-order chi connectivity index (χ1) is 27.0. The van der Waals surface area contributed by atoms with Crippen molar-refractivity contribution < 1.29 is 28.6 Å². The minimum Gasteiger partial charge on any atom is -0.462 e. The highest BCUT2D eigenvalue weighted by molar-refractivity contribution is 5.71. The van der Waals surface area contributed by atoms with Crippen LogP contribution in [0.5, 0.6) is 0 Å². The molecule has 0 rings (SSSR count). The molecule has 0 amide bonds. The lowest BCUT2D eigenvalue weighted by molar-refractivity contribution is -0.167. The summed E-state index contributed by atoms with van der Waals surface area (Å²) in [7, 11) is 0. The van der Waals surface area contributed by atoms with Crippen LogP contribution in [-0.4, -0.2) is 37.2 Å². The number of carbonyl (C=O) groups is 3. The molecular weight excluding hydrogens is 685 g/mol. The van der Waals surface area contributed by atoms with Gasteiger partial charge in [0.1, 0.15) is 13.2 Å². The van der Waals surface area contributed by atoms with Gasteiger partial charge in [-0.25, -0.2) is 0 Å². The molecule has 0 radical (unpaired) electrons. The fraction of sp³-hybridized carbons (Fsp3) is 0.939. The first kappa shape index (κ1) is 53.4. The van der Waals surface area contributed by atoms with Gasteiger partial charge in [-0.05, 0) is 19.3 Å². The first-order valence-corrected chi connectivity index (χ1v) is 24.5. The zero-order chi connectivity index (χ0) is 40.1. The molecule has 0 spiro atoms. The zero-order valence-corrected chi connectivity index (χ0v) is 37.2. The van der Waals surface area contributed by atoms with Crippen molar-refractivity contribution in [1.29, 1.82) is 0 Å². The first-order valence-electron chi connectivity index (χ1n) is 24.5. The van der Waals surface area contributed by atoms with Gasteiger partial charge in [-0.1, -0.05) is 239 Å². The van der Waals surface area contributed by atoms with E-state index in [-0.39, 0.29) is 31.1 Å². The lowest BCUT2D eigenvalue weighted by Gasteiger charge is -2.18. The summed E-state index contributed by atoms with van der Waals surface area (Å²) in [6, 6.07) is 0. The molecule has 0 saturated carbocycles. The predicted molar refractivity (Wildman–Crippen MR) is 233 cm³/mol. The molecule has 6 nitrogen and oxygen atoms in total. The summed E-state index contributed by atoms with van der Waals surface area (Å²) < 4.78 is 16.7. The highest BCUT2D eigenvalue weighted by Crippen LogP contribution is 2.16. The average Bonchev–Trinajstić information content (AvgIpc) is 3.18. The van der Waals surface area contributed by atoms with Crippen LogP contribution < -0.4 is 0 Å². The van der Waals surface area contributed by atoms with Crippen molar-refractivity contribution >= 4 is 17.9 Å². The SMILES string of the molecule is CCCCCCCCCCCCCCCCCC(=O)O[C@H](COC(=O)CCCCCCCCCCCC)COC(=O)CCCCCCCCCCCCCC. The molecule has 0 aliphatic carbocycles. The van der Waals surface area contributed by atoms with E-state index in [0.717, 1.165) is 57.8 Å². The summed E-state index contributed by atoms with van der Waals surface area (Å²) in [5, 5.41) is 0. The van der Waals surface area contributed by atoms with Crippen molar-refractivity contribution in [2.75, 3.05) is 13.2 Å². The second-order valence-electron chi connectivity index (χ2n) is 16.7. The van der Waals surface area contributed by atoms with Gasteiger partial charge < -0.3 is 14.2 Å². The van der Waals surface area contributed by atoms with Crippen molar-refractivity contribution in [1.82, 2.24) is 0 Å². The number of carbonyl (C=O) groups excluding carboxylic acids is 3. The van der Waals surface area contributed by atoms with Gasteiger partial charge in [0.2, 0.25) is 0 Å². The Morgan fingerprint density at radius 1 is 0.291 bits per heavy atom. The monoisotopic (exact) mass is 779 g/mol. The van der Waals surface area contributed by atoms with Crippen LogP contribution in [0.2, 0.25) is 0 Å². The van der Waals surface area contributed by atoms with E-state index in [1.807, 2.05) is 0 Å². The molecule has 0 N–H and O–H groups in total. The lowest BCUT2D eigenvalue weighted by atomic mass is 10.0. The number of esters is 3. The van der Waals surface area contributed by atoms with Crippen molar-refractivity contribution in [2.45, 2.75) is 284 Å². The maximum absolute atomic E-state index is 12.7. The molecule has 0 bridgehead atoms. The van der Waals surface area contributed by atoms with Crippen molar-refractivity contribution in [3.05, 3.63) is 0 Å². The second-order valence-corrected chi connectivity index (χ2v) is 16.7. The molecule has 55 heavy (non-hydrogen) atoms. The molecule has 0 heterocycles. The zero-order valence-electron chi connectivity index (χ0n) is 37.2. The molecule has 0 aromatic carbocycles. The smallest absolute Gasteiger partial charge is 0.306 e. The van der Waals surface area contributed by atoms with Crippen LogP contribution in [0.1, 0.15) is 278 Å². The van der Waals surface area contributed by atoms with Crippen molar-refractivity contribution in [3.8, 4) is 0 Å². The highest BCUT2D eigenvalue weighted by Gasteiger charge is 2.19. The summed E-state index contributed by atoms with van der Waals surface area (Å²) in [5.41, 5.74) is 0. The van der Waals surface area contributed by atoms with Crippen LogP contribution in [0.25, 0.3) is 0 Å². The van der Waals surface area contributed by atoms with E-state index >= 15 is 0 Å². The van der Waals surface area contributed by atoms with Gasteiger partial charge in [-0.2, -0.15) is 0 Å². The maximum Gasteiger partial charge on any atom is 0.306 e. The van der Waals surface area contributed by atoms with Gasteiger partial charge >= 0.3 is 17.9 Å². The Hall–Kier alpha value is -1.59. The Labute approximate surface area is 342 Å². The quantitative estimate of drug-likeness (QED) is 0.0348. The molecule has 0 fully saturated rings. The van der Waals surface area contributed by atoms with E-state index in [4.69, 9.17) is 14.2 Å². The van der Waals surface area contributed by atoms with Gasteiger partial charge in [0.15, 0.2) is 6.10 Å². The van der Waals surface area contributed by atoms with Crippen LogP contribution in [0, 0.1) is 0 Å². The van der Waals surface area contributed by atoms with Crippen LogP contribution in [0.4, 0.5) is 0 Å². The topological polar surface area (TPSA) is 78.9 Å². The lowest BCUT2D eigenvalue weighted by Crippen LogP contribution is -2.30. The fourth-order valence-electron chi connectivity index (χ4n) is 7.38. The summed E-state index contributed by atoms with van der Waals surface area (Å²) in [6.07, 6.45) is 46.5. The van der Waals surface area contributed by atoms with Crippen LogP contribution >= 0.6 is 0 Å². The molecule has 0 aliphatic heterocycles. The van der Waals surface area contributed by atoms with E-state index in [2.05, 4.69) is 20.8 Å². The van der Waals surface area contributed by atoms with Gasteiger partial charge in [-0.3, -0.25) is 14.4 Å². The Morgan fingerprint density at radius 2 is 0.491 bits per heavy atom. The molecule has 1 atom stereocenters. The Morgan fingerprint density at radius 3 is 0.727 bits per heavy atom. The summed E-state index contributed by atoms with van der Waals surface area (Å²) in [6.45, 7) is 6.65. The third-order valence-electron chi connectivity index (χ3n) is 11.1. The molecule has 0 aromatic rings. The van der Waals surface area contributed by atoms with Crippen LogP contribution in [0.3, 0.4) is 0 Å². The summed E-state index contributed by atoms with van der Waals surface area (Å²) in [5.74, 6) is -0.847. The fourth-order valence-corrected chi connectivity index (χ4v) is 7.38. The number of unbranched alkanes of at least 4 members (excludes halogenated alkanes) is 34. The molecule has 6 heteroatoms. The van der Waals surface area contributed by atoms with E-state index in [0.29, 0.717) is 19.3 Å². The van der Waals surface area contributed by atoms with Crippen molar-refractivity contribution in [2.24, 2.45) is 0 Å². The van der Waals surface area contributed by atoms with Gasteiger partial charge in [0.05, 0.1) is 0 Å². The largest absolute Gasteiger partial charge is 0.462 e. The van der Waals surface area contributed by atoms with E-state index in [9.17, 15) is 14.4 Å². The predicted octanol–water partition coefficient (Wildman–Crippen LogP) is 15.6. The second kappa shape index (κ2) is 45.1. The average molecular weight is 779 g/mol. The molecule has 0 unspecified atom stereocenters. The number of hydrogen-bond donors (Lipinski definition) is 0. The minimum atomic E-state index is -0.758. The minimum absolute atomic E-state index is 0.0623. The molecule has 326 valence electrons. The number of rotatable bonds is 45. The number of ether oxygens (including phenoxy) is 3. The third-order valence-corrected chi connectivity index (χ3v) is 11.1. The molecule has 0 aliphatic rings. The van der Waals surface area contributed by atoms with Gasteiger partial charge in [-0.15, -0.1) is 0 Å². The summed E-state index contributed by atoms with van der Waals surface area (Å²) >= 11 is 0. The molecular formula is C49H94O6. The number of hydrogen-bond acceptors (Lipinski definition) is 6. The highest BCUT2D eigenvalue weighted by atomic mass is 16.6. The van der Waals surface area contributed by atoms with E-state index < -0.39 is 6.10 Å². The Balaban J connectivity index is 4.30.